The highest BCUT2D eigenvalue weighted by atomic mass is 16.5. The van der Waals surface area contributed by atoms with Crippen molar-refractivity contribution < 1.29 is 4.52 Å². The third-order valence-corrected chi connectivity index (χ3v) is 3.09. The van der Waals surface area contributed by atoms with Gasteiger partial charge in [-0.2, -0.15) is 4.98 Å². The van der Waals surface area contributed by atoms with Gasteiger partial charge in [0.15, 0.2) is 5.82 Å². The van der Waals surface area contributed by atoms with Crippen molar-refractivity contribution in [1.29, 1.82) is 0 Å². The topological polar surface area (TPSA) is 64.9 Å². The molecule has 0 amide bonds. The zero-order valence-corrected chi connectivity index (χ0v) is 9.28. The van der Waals surface area contributed by atoms with Crippen LogP contribution in [0.2, 0.25) is 0 Å². The fourth-order valence-electron chi connectivity index (χ4n) is 2.18. The molecule has 1 aliphatic carbocycles. The molecule has 1 saturated carbocycles. The van der Waals surface area contributed by atoms with Crippen LogP contribution in [0.25, 0.3) is 0 Å². The second-order valence-corrected chi connectivity index (χ2v) is 4.37. The standard InChI is InChI=1S/C11H19N3O/c1-2-5-9(12)11-13-10(14-15-11)8-6-3-4-7-8/h8-9H,2-7,12H2,1H3/t9-/m0/s1. The molecular formula is C11H19N3O. The van der Waals surface area contributed by atoms with E-state index in [9.17, 15) is 0 Å². The van der Waals surface area contributed by atoms with E-state index in [-0.39, 0.29) is 6.04 Å². The van der Waals surface area contributed by atoms with Crippen molar-refractivity contribution in [2.24, 2.45) is 5.73 Å². The van der Waals surface area contributed by atoms with E-state index >= 15 is 0 Å². The minimum atomic E-state index is -0.0855. The summed E-state index contributed by atoms with van der Waals surface area (Å²) >= 11 is 0. The Morgan fingerprint density at radius 1 is 1.47 bits per heavy atom. The smallest absolute Gasteiger partial charge is 0.243 e. The lowest BCUT2D eigenvalue weighted by molar-refractivity contribution is 0.342. The van der Waals surface area contributed by atoms with Crippen LogP contribution in [-0.2, 0) is 0 Å². The molecule has 1 heterocycles. The monoisotopic (exact) mass is 209 g/mol. The van der Waals surface area contributed by atoms with Crippen molar-refractivity contribution in [3.05, 3.63) is 11.7 Å². The van der Waals surface area contributed by atoms with Gasteiger partial charge in [0, 0.05) is 5.92 Å². The molecule has 1 aromatic rings. The predicted octanol–water partition coefficient (Wildman–Crippen LogP) is 2.53. The average Bonchev–Trinajstić information content (AvgIpc) is 2.89. The van der Waals surface area contributed by atoms with Gasteiger partial charge in [-0.1, -0.05) is 31.3 Å². The Labute approximate surface area is 90.2 Å². The third-order valence-electron chi connectivity index (χ3n) is 3.09. The van der Waals surface area contributed by atoms with E-state index in [2.05, 4.69) is 17.1 Å². The van der Waals surface area contributed by atoms with Crippen LogP contribution < -0.4 is 5.73 Å². The van der Waals surface area contributed by atoms with Crippen molar-refractivity contribution in [1.82, 2.24) is 10.1 Å². The van der Waals surface area contributed by atoms with Crippen LogP contribution in [0.4, 0.5) is 0 Å². The molecule has 1 atom stereocenters. The Bertz CT molecular complexity index is 305. The lowest BCUT2D eigenvalue weighted by Crippen LogP contribution is -2.10. The molecule has 15 heavy (non-hydrogen) atoms. The molecule has 0 aromatic carbocycles. The molecule has 0 aliphatic heterocycles. The minimum absolute atomic E-state index is 0.0855. The fourth-order valence-corrected chi connectivity index (χ4v) is 2.18. The summed E-state index contributed by atoms with van der Waals surface area (Å²) in [6.07, 6.45) is 6.92. The van der Waals surface area contributed by atoms with E-state index in [1.165, 1.54) is 25.7 Å². The molecule has 4 nitrogen and oxygen atoms in total. The van der Waals surface area contributed by atoms with E-state index in [0.717, 1.165) is 18.7 Å². The molecule has 0 saturated heterocycles. The molecule has 2 N–H and O–H groups in total. The molecule has 0 bridgehead atoms. The maximum atomic E-state index is 5.92. The predicted molar refractivity (Wildman–Crippen MR) is 57.3 cm³/mol. The SMILES string of the molecule is CCC[C@H](N)c1nc(C2CCCC2)no1. The highest BCUT2D eigenvalue weighted by Gasteiger charge is 2.23. The molecule has 4 heteroatoms. The summed E-state index contributed by atoms with van der Waals surface area (Å²) in [5.41, 5.74) is 5.92. The normalized spacial score (nSPS) is 19.6. The number of rotatable bonds is 4. The Morgan fingerprint density at radius 2 is 2.20 bits per heavy atom. The highest BCUT2D eigenvalue weighted by molar-refractivity contribution is 4.99. The van der Waals surface area contributed by atoms with Crippen LogP contribution in [0.1, 0.15) is 69.1 Å². The van der Waals surface area contributed by atoms with E-state index in [4.69, 9.17) is 10.3 Å². The first-order chi connectivity index (χ1) is 7.31. The van der Waals surface area contributed by atoms with Crippen molar-refractivity contribution in [3.8, 4) is 0 Å². The first-order valence-corrected chi connectivity index (χ1v) is 5.90. The first kappa shape index (κ1) is 10.6. The van der Waals surface area contributed by atoms with E-state index < -0.39 is 0 Å². The van der Waals surface area contributed by atoms with Gasteiger partial charge in [0.25, 0.3) is 0 Å². The third kappa shape index (κ3) is 2.37. The average molecular weight is 209 g/mol. The van der Waals surface area contributed by atoms with Gasteiger partial charge in [0.2, 0.25) is 5.89 Å². The lowest BCUT2D eigenvalue weighted by atomic mass is 10.1. The van der Waals surface area contributed by atoms with E-state index in [1.807, 2.05) is 0 Å². The van der Waals surface area contributed by atoms with Gasteiger partial charge >= 0.3 is 0 Å². The number of nitrogens with zero attached hydrogens (tertiary/aromatic N) is 2. The van der Waals surface area contributed by atoms with Crippen LogP contribution in [0.5, 0.6) is 0 Å². The van der Waals surface area contributed by atoms with Crippen LogP contribution in [-0.4, -0.2) is 10.1 Å². The molecule has 0 spiro atoms. The summed E-state index contributed by atoms with van der Waals surface area (Å²) in [6.45, 7) is 2.11. The summed E-state index contributed by atoms with van der Waals surface area (Å²) in [5, 5.41) is 4.04. The largest absolute Gasteiger partial charge is 0.338 e. The highest BCUT2D eigenvalue weighted by Crippen LogP contribution is 2.32. The second-order valence-electron chi connectivity index (χ2n) is 4.37. The van der Waals surface area contributed by atoms with Crippen molar-refractivity contribution in [2.45, 2.75) is 57.4 Å². The zero-order chi connectivity index (χ0) is 10.7. The van der Waals surface area contributed by atoms with Gasteiger partial charge < -0.3 is 10.3 Å². The van der Waals surface area contributed by atoms with Crippen molar-refractivity contribution in [3.63, 3.8) is 0 Å². The van der Waals surface area contributed by atoms with Crippen LogP contribution >= 0.6 is 0 Å². The summed E-state index contributed by atoms with van der Waals surface area (Å²) in [7, 11) is 0. The van der Waals surface area contributed by atoms with E-state index in [0.29, 0.717) is 11.8 Å². The quantitative estimate of drug-likeness (QED) is 0.827. The van der Waals surface area contributed by atoms with Crippen LogP contribution in [0, 0.1) is 0 Å². The molecule has 1 fully saturated rings. The Kier molecular flexibility index (Phi) is 3.36. The van der Waals surface area contributed by atoms with Gasteiger partial charge in [0.1, 0.15) is 0 Å². The van der Waals surface area contributed by atoms with Gasteiger partial charge in [-0.3, -0.25) is 0 Å². The van der Waals surface area contributed by atoms with Gasteiger partial charge in [-0.25, -0.2) is 0 Å². The number of hydrogen-bond acceptors (Lipinski definition) is 4. The first-order valence-electron chi connectivity index (χ1n) is 5.90. The van der Waals surface area contributed by atoms with Crippen LogP contribution in [0.15, 0.2) is 4.52 Å². The molecule has 2 rings (SSSR count). The minimum Gasteiger partial charge on any atom is -0.338 e. The van der Waals surface area contributed by atoms with Crippen molar-refractivity contribution >= 4 is 0 Å². The zero-order valence-electron chi connectivity index (χ0n) is 9.28. The van der Waals surface area contributed by atoms with Crippen molar-refractivity contribution in [2.75, 3.05) is 0 Å². The summed E-state index contributed by atoms with van der Waals surface area (Å²) < 4.78 is 5.21. The molecular weight excluding hydrogens is 190 g/mol. The second kappa shape index (κ2) is 4.75. The van der Waals surface area contributed by atoms with Crippen LogP contribution in [0.3, 0.4) is 0 Å². The summed E-state index contributed by atoms with van der Waals surface area (Å²) in [5.74, 6) is 1.99. The number of nitrogens with two attached hydrogens (primary N) is 1. The Hall–Kier alpha value is -0.900. The molecule has 0 radical (unpaired) electrons. The summed E-state index contributed by atoms with van der Waals surface area (Å²) in [4.78, 5) is 4.41. The Balaban J connectivity index is 2.02. The molecule has 84 valence electrons. The molecule has 1 aliphatic rings. The maximum Gasteiger partial charge on any atom is 0.243 e. The maximum absolute atomic E-state index is 5.92. The fraction of sp³-hybridized carbons (Fsp3) is 0.818. The van der Waals surface area contributed by atoms with E-state index in [1.54, 1.807) is 0 Å². The molecule has 0 unspecified atom stereocenters. The number of hydrogen-bond donors (Lipinski definition) is 1. The number of aromatic nitrogens is 2. The molecule has 1 aromatic heterocycles. The van der Waals surface area contributed by atoms with Gasteiger partial charge in [-0.15, -0.1) is 0 Å². The lowest BCUT2D eigenvalue weighted by Gasteiger charge is -2.03. The summed E-state index contributed by atoms with van der Waals surface area (Å²) in [6, 6.07) is -0.0855. The van der Waals surface area contributed by atoms with Gasteiger partial charge in [-0.05, 0) is 19.3 Å². The Morgan fingerprint density at radius 3 is 2.87 bits per heavy atom. The van der Waals surface area contributed by atoms with Gasteiger partial charge in [0.05, 0.1) is 6.04 Å².